The lowest BCUT2D eigenvalue weighted by atomic mass is 9.95. The van der Waals surface area contributed by atoms with E-state index >= 15 is 0 Å². The Balaban J connectivity index is 0.000000483. The summed E-state index contributed by atoms with van der Waals surface area (Å²) in [6.45, 7) is 10.5. The lowest BCUT2D eigenvalue weighted by molar-refractivity contribution is -0.181. The topological polar surface area (TPSA) is 109 Å². The van der Waals surface area contributed by atoms with Crippen molar-refractivity contribution in [1.29, 1.82) is 0 Å². The molecule has 1 saturated heterocycles. The molecule has 2 rings (SSSR count). The quantitative estimate of drug-likeness (QED) is 0.416. The highest BCUT2D eigenvalue weighted by Gasteiger charge is 2.35. The van der Waals surface area contributed by atoms with Gasteiger partial charge in [0.25, 0.3) is 0 Å². The first kappa shape index (κ1) is 24.5. The standard InChI is InChI=1S/C10H20O5.C6H12O2.C2H4/c1-3-13-7(2)15-9-4-5-14-10(9)8(12)6-11;7-6(8)4-2-1-3-5-6;1-2/h7-12H,3-6H2,1-2H3;7-8H,1-5H2;1-2H2/t7?,8?,9-,10?;;/m1../s1. The first-order valence-electron chi connectivity index (χ1n) is 9.02. The molecule has 3 unspecified atom stereocenters. The summed E-state index contributed by atoms with van der Waals surface area (Å²) in [5.74, 6) is -1.32. The van der Waals surface area contributed by atoms with Gasteiger partial charge in [-0.05, 0) is 33.1 Å². The van der Waals surface area contributed by atoms with Gasteiger partial charge in [0.1, 0.15) is 12.2 Å². The van der Waals surface area contributed by atoms with E-state index in [0.29, 0.717) is 26.1 Å². The zero-order valence-corrected chi connectivity index (χ0v) is 15.6. The molecule has 0 aromatic carbocycles. The van der Waals surface area contributed by atoms with E-state index in [1.54, 1.807) is 0 Å². The molecule has 1 aliphatic carbocycles. The molecule has 0 aromatic heterocycles. The molecule has 1 saturated carbocycles. The van der Waals surface area contributed by atoms with E-state index in [0.717, 1.165) is 25.7 Å². The summed E-state index contributed by atoms with van der Waals surface area (Å²) in [4.78, 5) is 0. The summed E-state index contributed by atoms with van der Waals surface area (Å²) in [5.41, 5.74) is 0. The van der Waals surface area contributed by atoms with E-state index in [-0.39, 0.29) is 19.0 Å². The summed E-state index contributed by atoms with van der Waals surface area (Å²) in [6, 6.07) is 0. The van der Waals surface area contributed by atoms with Crippen LogP contribution in [0.25, 0.3) is 0 Å². The molecule has 1 aliphatic heterocycles. The number of hydrogen-bond acceptors (Lipinski definition) is 7. The second kappa shape index (κ2) is 13.6. The Morgan fingerprint density at radius 2 is 1.80 bits per heavy atom. The van der Waals surface area contributed by atoms with E-state index in [9.17, 15) is 5.11 Å². The van der Waals surface area contributed by atoms with Crippen molar-refractivity contribution in [2.75, 3.05) is 19.8 Å². The van der Waals surface area contributed by atoms with Crippen molar-refractivity contribution in [2.45, 2.75) is 82.8 Å². The third-order valence-corrected chi connectivity index (χ3v) is 4.07. The molecule has 25 heavy (non-hydrogen) atoms. The van der Waals surface area contributed by atoms with Crippen LogP contribution in [0.3, 0.4) is 0 Å². The van der Waals surface area contributed by atoms with Crippen molar-refractivity contribution in [3.8, 4) is 0 Å². The van der Waals surface area contributed by atoms with E-state index in [4.69, 9.17) is 29.5 Å². The molecular weight excluding hydrogens is 328 g/mol. The maximum absolute atomic E-state index is 9.48. The molecule has 1 heterocycles. The number of rotatable bonds is 6. The Labute approximate surface area is 151 Å². The minimum absolute atomic E-state index is 0.200. The normalized spacial score (nSPS) is 27.3. The van der Waals surface area contributed by atoms with Crippen LogP contribution in [0.4, 0.5) is 0 Å². The Morgan fingerprint density at radius 1 is 1.20 bits per heavy atom. The van der Waals surface area contributed by atoms with Gasteiger partial charge in [-0.1, -0.05) is 6.42 Å². The van der Waals surface area contributed by atoms with Crippen molar-refractivity contribution < 1.29 is 34.6 Å². The monoisotopic (exact) mass is 364 g/mol. The van der Waals surface area contributed by atoms with Crippen LogP contribution in [-0.2, 0) is 14.2 Å². The molecule has 0 radical (unpaired) electrons. The van der Waals surface area contributed by atoms with Crippen LogP contribution in [0.5, 0.6) is 0 Å². The number of aliphatic hydroxyl groups is 4. The predicted octanol–water partition coefficient (Wildman–Crippen LogP) is 1.33. The molecule has 2 aliphatic rings. The molecule has 7 heteroatoms. The third kappa shape index (κ3) is 10.3. The van der Waals surface area contributed by atoms with E-state index in [1.165, 1.54) is 0 Å². The van der Waals surface area contributed by atoms with Crippen LogP contribution < -0.4 is 0 Å². The lowest BCUT2D eigenvalue weighted by Gasteiger charge is -2.25. The van der Waals surface area contributed by atoms with Crippen LogP contribution in [0, 0.1) is 0 Å². The highest BCUT2D eigenvalue weighted by atomic mass is 16.7. The smallest absolute Gasteiger partial charge is 0.162 e. The second-order valence-electron chi connectivity index (χ2n) is 6.11. The van der Waals surface area contributed by atoms with Crippen LogP contribution in [-0.4, -0.2) is 70.6 Å². The first-order valence-corrected chi connectivity index (χ1v) is 9.02. The molecule has 4 N–H and O–H groups in total. The average Bonchev–Trinajstić information content (AvgIpc) is 3.04. The zero-order valence-electron chi connectivity index (χ0n) is 15.6. The second-order valence-corrected chi connectivity index (χ2v) is 6.11. The van der Waals surface area contributed by atoms with Crippen LogP contribution >= 0.6 is 0 Å². The maximum Gasteiger partial charge on any atom is 0.162 e. The Morgan fingerprint density at radius 3 is 2.24 bits per heavy atom. The number of aliphatic hydroxyl groups excluding tert-OH is 2. The fourth-order valence-electron chi connectivity index (χ4n) is 2.84. The molecule has 4 atom stereocenters. The maximum atomic E-state index is 9.48. The Bertz CT molecular complexity index is 317. The summed E-state index contributed by atoms with van der Waals surface area (Å²) in [5, 5.41) is 36.2. The summed E-state index contributed by atoms with van der Waals surface area (Å²) < 4.78 is 16.1. The Kier molecular flexibility index (Phi) is 13.3. The van der Waals surface area contributed by atoms with Crippen molar-refractivity contribution in [1.82, 2.24) is 0 Å². The van der Waals surface area contributed by atoms with Gasteiger partial charge in [0, 0.05) is 26.1 Å². The highest BCUT2D eigenvalue weighted by Crippen LogP contribution is 2.24. The molecule has 0 bridgehead atoms. The van der Waals surface area contributed by atoms with Crippen LogP contribution in [0.2, 0.25) is 0 Å². The largest absolute Gasteiger partial charge is 0.394 e. The van der Waals surface area contributed by atoms with Gasteiger partial charge in [-0.15, -0.1) is 13.2 Å². The van der Waals surface area contributed by atoms with Gasteiger partial charge >= 0.3 is 0 Å². The van der Waals surface area contributed by atoms with Crippen molar-refractivity contribution in [3.05, 3.63) is 13.2 Å². The SMILES string of the molecule is C=C.CCOC(C)O[C@@H]1CCOC1C(O)CO.OC1(O)CCCCC1. The van der Waals surface area contributed by atoms with Crippen molar-refractivity contribution >= 4 is 0 Å². The first-order chi connectivity index (χ1) is 11.9. The number of hydrogen-bond donors (Lipinski definition) is 4. The highest BCUT2D eigenvalue weighted by molar-refractivity contribution is 4.83. The fourth-order valence-corrected chi connectivity index (χ4v) is 2.84. The summed E-state index contributed by atoms with van der Waals surface area (Å²) in [6.07, 6.45) is 3.09. The van der Waals surface area contributed by atoms with Crippen LogP contribution in [0.15, 0.2) is 13.2 Å². The molecule has 0 aromatic rings. The van der Waals surface area contributed by atoms with Crippen molar-refractivity contribution in [2.24, 2.45) is 0 Å². The minimum atomic E-state index is -1.32. The molecule has 0 spiro atoms. The molecular formula is C18H36O7. The fraction of sp³-hybridized carbons (Fsp3) is 0.889. The van der Waals surface area contributed by atoms with Crippen molar-refractivity contribution in [3.63, 3.8) is 0 Å². The number of ether oxygens (including phenoxy) is 3. The summed E-state index contributed by atoms with van der Waals surface area (Å²) in [7, 11) is 0. The average molecular weight is 364 g/mol. The van der Waals surface area contributed by atoms with Gasteiger partial charge < -0.3 is 34.6 Å². The van der Waals surface area contributed by atoms with Gasteiger partial charge in [-0.25, -0.2) is 0 Å². The summed E-state index contributed by atoms with van der Waals surface area (Å²) >= 11 is 0. The van der Waals surface area contributed by atoms with Gasteiger partial charge in [-0.3, -0.25) is 0 Å². The van der Waals surface area contributed by atoms with Gasteiger partial charge in [0.15, 0.2) is 12.1 Å². The third-order valence-electron chi connectivity index (χ3n) is 4.07. The van der Waals surface area contributed by atoms with Crippen LogP contribution in [0.1, 0.15) is 52.4 Å². The molecule has 150 valence electrons. The lowest BCUT2D eigenvalue weighted by Crippen LogP contribution is -2.40. The van der Waals surface area contributed by atoms with Gasteiger partial charge in [0.05, 0.1) is 12.7 Å². The van der Waals surface area contributed by atoms with Gasteiger partial charge in [-0.2, -0.15) is 0 Å². The predicted molar refractivity (Wildman–Crippen MR) is 94.9 cm³/mol. The van der Waals surface area contributed by atoms with Gasteiger partial charge in [0.2, 0.25) is 0 Å². The molecule has 2 fully saturated rings. The Hall–Kier alpha value is -0.540. The molecule has 0 amide bonds. The molecule has 7 nitrogen and oxygen atoms in total. The zero-order chi connectivity index (χ0) is 19.3. The van der Waals surface area contributed by atoms with E-state index in [2.05, 4.69) is 13.2 Å². The van der Waals surface area contributed by atoms with E-state index < -0.39 is 18.0 Å². The minimum Gasteiger partial charge on any atom is -0.394 e. The van der Waals surface area contributed by atoms with E-state index in [1.807, 2.05) is 13.8 Å².